The van der Waals surface area contributed by atoms with Gasteiger partial charge < -0.3 is 10.6 Å². The van der Waals surface area contributed by atoms with Gasteiger partial charge in [-0.2, -0.15) is 0 Å². The zero-order valence-electron chi connectivity index (χ0n) is 10.9. The van der Waals surface area contributed by atoms with Gasteiger partial charge in [-0.3, -0.25) is 10.1 Å². The summed E-state index contributed by atoms with van der Waals surface area (Å²) in [6, 6.07) is 12.5. The summed E-state index contributed by atoms with van der Waals surface area (Å²) in [6.07, 6.45) is 0. The molecule has 5 nitrogen and oxygen atoms in total. The predicted octanol–water partition coefficient (Wildman–Crippen LogP) is 3.58. The molecule has 0 atom stereocenters. The lowest BCUT2D eigenvalue weighted by Crippen LogP contribution is -2.16. The molecule has 0 aliphatic carbocycles. The van der Waals surface area contributed by atoms with Crippen molar-refractivity contribution >= 4 is 33.0 Å². The third-order valence-corrected chi connectivity index (χ3v) is 3.38. The van der Waals surface area contributed by atoms with Gasteiger partial charge >= 0.3 is 0 Å². The zero-order chi connectivity index (χ0) is 14.7. The molecule has 0 saturated heterocycles. The Hall–Kier alpha value is -2.08. The number of benzene rings is 2. The lowest BCUT2D eigenvalue weighted by Gasteiger charge is -2.19. The molecule has 0 amide bonds. The summed E-state index contributed by atoms with van der Waals surface area (Å²) in [6.45, 7) is 0.639. The van der Waals surface area contributed by atoms with Crippen LogP contribution < -0.4 is 10.6 Å². The van der Waals surface area contributed by atoms with Crippen LogP contribution in [0.1, 0.15) is 5.56 Å². The Labute approximate surface area is 125 Å². The van der Waals surface area contributed by atoms with Gasteiger partial charge in [-0.15, -0.1) is 0 Å². The van der Waals surface area contributed by atoms with E-state index >= 15 is 0 Å². The van der Waals surface area contributed by atoms with Crippen LogP contribution in [-0.2, 0) is 6.54 Å². The number of nitrogen functional groups attached to an aromatic ring is 1. The van der Waals surface area contributed by atoms with Gasteiger partial charge in [-0.05, 0) is 23.8 Å². The van der Waals surface area contributed by atoms with Crippen LogP contribution in [0.3, 0.4) is 0 Å². The maximum absolute atomic E-state index is 10.9. The highest BCUT2D eigenvalue weighted by Gasteiger charge is 2.11. The van der Waals surface area contributed by atoms with Crippen LogP contribution in [0.4, 0.5) is 17.1 Å². The Kier molecular flexibility index (Phi) is 4.24. The zero-order valence-corrected chi connectivity index (χ0v) is 12.5. The molecule has 20 heavy (non-hydrogen) atoms. The lowest BCUT2D eigenvalue weighted by molar-refractivity contribution is -0.384. The molecule has 2 N–H and O–H groups in total. The molecular weight excluding hydrogens is 322 g/mol. The van der Waals surface area contributed by atoms with Crippen molar-refractivity contribution in [3.05, 3.63) is 62.6 Å². The molecule has 0 saturated carbocycles. The summed E-state index contributed by atoms with van der Waals surface area (Å²) < 4.78 is 1.00. The quantitative estimate of drug-likeness (QED) is 0.526. The summed E-state index contributed by atoms with van der Waals surface area (Å²) in [4.78, 5) is 12.3. The van der Waals surface area contributed by atoms with Crippen LogP contribution in [-0.4, -0.2) is 12.0 Å². The number of rotatable bonds is 4. The van der Waals surface area contributed by atoms with E-state index in [0.717, 1.165) is 15.7 Å². The van der Waals surface area contributed by atoms with E-state index in [1.54, 1.807) is 6.07 Å². The van der Waals surface area contributed by atoms with Crippen LogP contribution >= 0.6 is 15.9 Å². The molecule has 0 heterocycles. The van der Waals surface area contributed by atoms with E-state index in [2.05, 4.69) is 15.9 Å². The highest BCUT2D eigenvalue weighted by atomic mass is 79.9. The molecule has 0 bridgehead atoms. The van der Waals surface area contributed by atoms with E-state index in [1.165, 1.54) is 12.1 Å². The average molecular weight is 336 g/mol. The molecular formula is C14H14BrN3O2. The van der Waals surface area contributed by atoms with Crippen molar-refractivity contribution < 1.29 is 4.92 Å². The Morgan fingerprint density at radius 2 is 2.05 bits per heavy atom. The van der Waals surface area contributed by atoms with Crippen molar-refractivity contribution in [2.75, 3.05) is 17.7 Å². The van der Waals surface area contributed by atoms with Gasteiger partial charge in [0.05, 0.1) is 4.92 Å². The molecule has 0 aliphatic heterocycles. The second kappa shape index (κ2) is 5.92. The number of nitrogens with two attached hydrogens (primary N) is 1. The third-order valence-electron chi connectivity index (χ3n) is 2.89. The van der Waals surface area contributed by atoms with E-state index < -0.39 is 4.92 Å². The molecule has 6 heteroatoms. The lowest BCUT2D eigenvalue weighted by atomic mass is 10.2. The normalized spacial score (nSPS) is 10.3. The second-order valence-electron chi connectivity index (χ2n) is 4.53. The first kappa shape index (κ1) is 14.3. The molecule has 2 aromatic rings. The number of halogens is 1. The van der Waals surface area contributed by atoms with E-state index in [1.807, 2.05) is 36.2 Å². The molecule has 104 valence electrons. The minimum absolute atomic E-state index is 0.00101. The molecule has 0 spiro atoms. The fourth-order valence-corrected chi connectivity index (χ4v) is 2.39. The molecule has 0 unspecified atom stereocenters. The summed E-state index contributed by atoms with van der Waals surface area (Å²) >= 11 is 3.42. The third kappa shape index (κ3) is 3.48. The minimum Gasteiger partial charge on any atom is -0.398 e. The fraction of sp³-hybridized carbons (Fsp3) is 0.143. The predicted molar refractivity (Wildman–Crippen MR) is 83.8 cm³/mol. The average Bonchev–Trinajstić information content (AvgIpc) is 2.37. The maximum atomic E-state index is 10.9. The molecule has 2 aromatic carbocycles. The Balaban J connectivity index is 2.25. The monoisotopic (exact) mass is 335 g/mol. The highest BCUT2D eigenvalue weighted by molar-refractivity contribution is 9.10. The van der Waals surface area contributed by atoms with E-state index in [4.69, 9.17) is 5.73 Å². The number of anilines is 2. The Bertz CT molecular complexity index is 646. The Morgan fingerprint density at radius 1 is 1.30 bits per heavy atom. The van der Waals surface area contributed by atoms with Crippen LogP contribution in [0.25, 0.3) is 0 Å². The first-order valence-corrected chi connectivity index (χ1v) is 6.75. The first-order valence-electron chi connectivity index (χ1n) is 5.96. The van der Waals surface area contributed by atoms with E-state index in [0.29, 0.717) is 12.2 Å². The highest BCUT2D eigenvalue weighted by Crippen LogP contribution is 2.26. The number of hydrogen-bond acceptors (Lipinski definition) is 4. The van der Waals surface area contributed by atoms with Crippen LogP contribution in [0.5, 0.6) is 0 Å². The van der Waals surface area contributed by atoms with Crippen molar-refractivity contribution in [2.45, 2.75) is 6.54 Å². The number of nitro groups is 1. The Morgan fingerprint density at radius 3 is 2.70 bits per heavy atom. The number of nitrogens with zero attached hydrogens (tertiary/aromatic N) is 2. The van der Waals surface area contributed by atoms with Crippen LogP contribution in [0.2, 0.25) is 0 Å². The second-order valence-corrected chi connectivity index (χ2v) is 5.44. The molecule has 0 fully saturated rings. The summed E-state index contributed by atoms with van der Waals surface area (Å²) in [5.74, 6) is 0. The van der Waals surface area contributed by atoms with Crippen molar-refractivity contribution in [2.24, 2.45) is 0 Å². The van der Waals surface area contributed by atoms with E-state index in [-0.39, 0.29) is 5.69 Å². The van der Waals surface area contributed by atoms with Gasteiger partial charge in [0.2, 0.25) is 0 Å². The van der Waals surface area contributed by atoms with Gasteiger partial charge in [0.1, 0.15) is 0 Å². The SMILES string of the molecule is CN(Cc1cccc(Br)c1)c1cc(N)cc([N+](=O)[O-])c1. The first-order chi connectivity index (χ1) is 9.45. The van der Waals surface area contributed by atoms with Gasteiger partial charge in [-0.1, -0.05) is 28.1 Å². The summed E-state index contributed by atoms with van der Waals surface area (Å²) in [5.41, 5.74) is 7.92. The van der Waals surface area contributed by atoms with E-state index in [9.17, 15) is 10.1 Å². The van der Waals surface area contributed by atoms with Crippen LogP contribution in [0, 0.1) is 10.1 Å². The van der Waals surface area contributed by atoms with Crippen LogP contribution in [0.15, 0.2) is 46.9 Å². The van der Waals surface area contributed by atoms with Gasteiger partial charge in [0, 0.05) is 41.6 Å². The number of hydrogen-bond donors (Lipinski definition) is 1. The van der Waals surface area contributed by atoms with Crippen molar-refractivity contribution in [3.63, 3.8) is 0 Å². The standard InChI is InChI=1S/C14H14BrN3O2/c1-17(9-10-3-2-4-11(15)5-10)13-6-12(16)7-14(8-13)18(19)20/h2-8H,9,16H2,1H3. The van der Waals surface area contributed by atoms with Gasteiger partial charge in [-0.25, -0.2) is 0 Å². The topological polar surface area (TPSA) is 72.4 Å². The molecule has 2 rings (SSSR count). The maximum Gasteiger partial charge on any atom is 0.273 e. The van der Waals surface area contributed by atoms with Gasteiger partial charge in [0.15, 0.2) is 0 Å². The number of nitro benzene ring substituents is 1. The fourth-order valence-electron chi connectivity index (χ4n) is 1.94. The molecule has 0 aliphatic rings. The smallest absolute Gasteiger partial charge is 0.273 e. The summed E-state index contributed by atoms with van der Waals surface area (Å²) in [7, 11) is 1.87. The van der Waals surface area contributed by atoms with Crippen molar-refractivity contribution in [1.82, 2.24) is 0 Å². The number of non-ortho nitro benzene ring substituents is 1. The largest absolute Gasteiger partial charge is 0.398 e. The molecule has 0 radical (unpaired) electrons. The molecule has 0 aromatic heterocycles. The minimum atomic E-state index is -0.438. The van der Waals surface area contributed by atoms with Crippen molar-refractivity contribution in [3.8, 4) is 0 Å². The van der Waals surface area contributed by atoms with Gasteiger partial charge in [0.25, 0.3) is 5.69 Å². The summed E-state index contributed by atoms with van der Waals surface area (Å²) in [5, 5.41) is 10.9. The van der Waals surface area contributed by atoms with Crippen molar-refractivity contribution in [1.29, 1.82) is 0 Å².